The van der Waals surface area contributed by atoms with E-state index in [4.69, 9.17) is 9.72 Å². The summed E-state index contributed by atoms with van der Waals surface area (Å²) in [5.41, 5.74) is 6.50. The first-order chi connectivity index (χ1) is 15.2. The van der Waals surface area contributed by atoms with Crippen molar-refractivity contribution in [2.24, 2.45) is 0 Å². The maximum Gasteiger partial charge on any atom is 0.143 e. The maximum atomic E-state index is 5.71. The van der Waals surface area contributed by atoms with Crippen LogP contribution in [0.5, 0.6) is 5.75 Å². The van der Waals surface area contributed by atoms with E-state index in [9.17, 15) is 0 Å². The molecule has 0 atom stereocenters. The Labute approximate surface area is 181 Å². The predicted octanol–water partition coefficient (Wildman–Crippen LogP) is 6.00. The second-order valence-corrected chi connectivity index (χ2v) is 7.64. The molecule has 2 heterocycles. The van der Waals surface area contributed by atoms with Crippen LogP contribution in [0.25, 0.3) is 27.7 Å². The van der Waals surface area contributed by atoms with Crippen LogP contribution < -0.4 is 4.74 Å². The molecule has 0 aliphatic heterocycles. The highest BCUT2D eigenvalue weighted by Crippen LogP contribution is 2.33. The summed E-state index contributed by atoms with van der Waals surface area (Å²) in [6.45, 7) is 1.98. The largest absolute Gasteiger partial charge is 0.495 e. The van der Waals surface area contributed by atoms with Crippen molar-refractivity contribution in [3.05, 3.63) is 108 Å². The number of imidazole rings is 1. The number of pyridine rings is 1. The standard InChI is InChI=1S/C27H23N3O/c1-19-17-30(18-29-19)25-12-11-22(16-26(25)31-2)27-24-10-6-9-21(23(24)13-14-28-27)15-20-7-4-3-5-8-20/h3-14,16-18H,15H2,1-2H3. The van der Waals surface area contributed by atoms with E-state index in [0.29, 0.717) is 0 Å². The third-order valence-corrected chi connectivity index (χ3v) is 5.58. The predicted molar refractivity (Wildman–Crippen MR) is 125 cm³/mol. The van der Waals surface area contributed by atoms with Crippen LogP contribution in [0.1, 0.15) is 16.8 Å². The van der Waals surface area contributed by atoms with Crippen molar-refractivity contribution in [3.8, 4) is 22.7 Å². The summed E-state index contributed by atoms with van der Waals surface area (Å²) in [5.74, 6) is 0.786. The van der Waals surface area contributed by atoms with Crippen LogP contribution in [0.3, 0.4) is 0 Å². The lowest BCUT2D eigenvalue weighted by atomic mass is 9.96. The highest BCUT2D eigenvalue weighted by atomic mass is 16.5. The molecule has 0 saturated carbocycles. The van der Waals surface area contributed by atoms with Gasteiger partial charge in [-0.25, -0.2) is 4.98 Å². The van der Waals surface area contributed by atoms with Gasteiger partial charge in [-0.1, -0.05) is 54.6 Å². The molecule has 0 fully saturated rings. The lowest BCUT2D eigenvalue weighted by molar-refractivity contribution is 0.413. The summed E-state index contributed by atoms with van der Waals surface area (Å²) in [4.78, 5) is 9.06. The van der Waals surface area contributed by atoms with Gasteiger partial charge in [0.05, 0.1) is 30.5 Å². The maximum absolute atomic E-state index is 5.71. The summed E-state index contributed by atoms with van der Waals surface area (Å²) >= 11 is 0. The zero-order valence-electron chi connectivity index (χ0n) is 17.6. The molecule has 0 aliphatic carbocycles. The monoisotopic (exact) mass is 405 g/mol. The minimum Gasteiger partial charge on any atom is -0.495 e. The number of hydrogen-bond acceptors (Lipinski definition) is 3. The average Bonchev–Trinajstić information content (AvgIpc) is 3.25. The molecule has 0 unspecified atom stereocenters. The van der Waals surface area contributed by atoms with Gasteiger partial charge in [0.1, 0.15) is 5.75 Å². The van der Waals surface area contributed by atoms with Crippen molar-refractivity contribution in [2.45, 2.75) is 13.3 Å². The van der Waals surface area contributed by atoms with Crippen LogP contribution in [0.2, 0.25) is 0 Å². The van der Waals surface area contributed by atoms with Crippen LogP contribution in [-0.2, 0) is 6.42 Å². The van der Waals surface area contributed by atoms with E-state index in [0.717, 1.165) is 40.2 Å². The Morgan fingerprint density at radius 1 is 0.871 bits per heavy atom. The summed E-state index contributed by atoms with van der Waals surface area (Å²) in [7, 11) is 1.70. The Morgan fingerprint density at radius 2 is 1.74 bits per heavy atom. The number of benzene rings is 3. The smallest absolute Gasteiger partial charge is 0.143 e. The van der Waals surface area contributed by atoms with Crippen LogP contribution >= 0.6 is 0 Å². The number of rotatable bonds is 5. The second-order valence-electron chi connectivity index (χ2n) is 7.64. The Balaban J connectivity index is 1.60. The van der Waals surface area contributed by atoms with Crippen molar-refractivity contribution >= 4 is 10.8 Å². The molecule has 5 aromatic rings. The van der Waals surface area contributed by atoms with Crippen LogP contribution in [0, 0.1) is 6.92 Å². The summed E-state index contributed by atoms with van der Waals surface area (Å²) in [5, 5.41) is 2.37. The lowest BCUT2D eigenvalue weighted by Gasteiger charge is -2.13. The molecule has 31 heavy (non-hydrogen) atoms. The van der Waals surface area contributed by atoms with Gasteiger partial charge < -0.3 is 9.30 Å². The third kappa shape index (κ3) is 3.68. The quantitative estimate of drug-likeness (QED) is 0.360. The molecule has 0 bridgehead atoms. The first-order valence-corrected chi connectivity index (χ1v) is 10.3. The zero-order valence-corrected chi connectivity index (χ0v) is 17.6. The average molecular weight is 406 g/mol. The van der Waals surface area contributed by atoms with Gasteiger partial charge in [0.2, 0.25) is 0 Å². The molecule has 0 amide bonds. The van der Waals surface area contributed by atoms with Gasteiger partial charge in [-0.05, 0) is 48.1 Å². The normalized spacial score (nSPS) is 11.0. The molecular weight excluding hydrogens is 382 g/mol. The molecule has 2 aromatic heterocycles. The second kappa shape index (κ2) is 8.07. The topological polar surface area (TPSA) is 39.9 Å². The molecular formula is C27H23N3O. The summed E-state index contributed by atoms with van der Waals surface area (Å²) in [6.07, 6.45) is 6.58. The minimum atomic E-state index is 0.786. The summed E-state index contributed by atoms with van der Waals surface area (Å²) in [6, 6.07) is 25.3. The van der Waals surface area contributed by atoms with Crippen molar-refractivity contribution < 1.29 is 4.74 Å². The third-order valence-electron chi connectivity index (χ3n) is 5.58. The highest BCUT2D eigenvalue weighted by molar-refractivity contribution is 5.96. The van der Waals surface area contributed by atoms with Gasteiger partial charge in [-0.15, -0.1) is 0 Å². The molecule has 0 N–H and O–H groups in total. The highest BCUT2D eigenvalue weighted by Gasteiger charge is 2.13. The van der Waals surface area contributed by atoms with E-state index in [1.165, 1.54) is 16.5 Å². The van der Waals surface area contributed by atoms with Gasteiger partial charge in [-0.2, -0.15) is 0 Å². The minimum absolute atomic E-state index is 0.786. The molecule has 152 valence electrons. The van der Waals surface area contributed by atoms with Gasteiger partial charge in [0.15, 0.2) is 0 Å². The van der Waals surface area contributed by atoms with E-state index < -0.39 is 0 Å². The number of fused-ring (bicyclic) bond motifs is 1. The fourth-order valence-electron chi connectivity index (χ4n) is 4.06. The Morgan fingerprint density at radius 3 is 2.52 bits per heavy atom. The van der Waals surface area contributed by atoms with Crippen molar-refractivity contribution in [3.63, 3.8) is 0 Å². The molecule has 0 saturated heterocycles. The Kier molecular flexibility index (Phi) is 4.97. The molecule has 0 spiro atoms. The van der Waals surface area contributed by atoms with Gasteiger partial charge >= 0.3 is 0 Å². The number of ether oxygens (including phenoxy) is 1. The number of aromatic nitrogens is 3. The number of methoxy groups -OCH3 is 1. The molecule has 4 heteroatoms. The van der Waals surface area contributed by atoms with E-state index in [2.05, 4.69) is 77.8 Å². The van der Waals surface area contributed by atoms with Gasteiger partial charge in [0.25, 0.3) is 0 Å². The van der Waals surface area contributed by atoms with Crippen LogP contribution in [-0.4, -0.2) is 21.6 Å². The van der Waals surface area contributed by atoms with E-state index in [-0.39, 0.29) is 0 Å². The molecule has 4 nitrogen and oxygen atoms in total. The van der Waals surface area contributed by atoms with E-state index in [1.54, 1.807) is 13.4 Å². The summed E-state index contributed by atoms with van der Waals surface area (Å²) < 4.78 is 7.69. The molecule has 5 rings (SSSR count). The lowest BCUT2D eigenvalue weighted by Crippen LogP contribution is -1.97. The molecule has 3 aromatic carbocycles. The van der Waals surface area contributed by atoms with Gasteiger partial charge in [-0.3, -0.25) is 4.98 Å². The number of hydrogen-bond donors (Lipinski definition) is 0. The fourth-order valence-corrected chi connectivity index (χ4v) is 4.06. The Bertz CT molecular complexity index is 1360. The number of aryl methyl sites for hydroxylation is 1. The molecule has 0 aliphatic rings. The Hall–Kier alpha value is -3.92. The van der Waals surface area contributed by atoms with Crippen molar-refractivity contribution in [1.82, 2.24) is 14.5 Å². The van der Waals surface area contributed by atoms with Gasteiger partial charge in [0, 0.05) is 23.3 Å². The first kappa shape index (κ1) is 19.1. The fraction of sp³-hybridized carbons (Fsp3) is 0.111. The SMILES string of the molecule is COc1cc(-c2nccc3c(Cc4ccccc4)cccc23)ccc1-n1cnc(C)c1. The van der Waals surface area contributed by atoms with Crippen LogP contribution in [0.4, 0.5) is 0 Å². The van der Waals surface area contributed by atoms with Crippen molar-refractivity contribution in [2.75, 3.05) is 7.11 Å². The van der Waals surface area contributed by atoms with E-state index in [1.807, 2.05) is 23.9 Å². The van der Waals surface area contributed by atoms with E-state index >= 15 is 0 Å². The zero-order chi connectivity index (χ0) is 21.2. The molecule has 0 radical (unpaired) electrons. The van der Waals surface area contributed by atoms with Crippen molar-refractivity contribution in [1.29, 1.82) is 0 Å². The first-order valence-electron chi connectivity index (χ1n) is 10.3. The number of nitrogens with zero attached hydrogens (tertiary/aromatic N) is 3. The van der Waals surface area contributed by atoms with Crippen LogP contribution in [0.15, 0.2) is 91.5 Å².